The molecule has 0 aliphatic carbocycles. The Morgan fingerprint density at radius 1 is 1.13 bits per heavy atom. The Kier molecular flexibility index (Phi) is 1.75. The van der Waals surface area contributed by atoms with Crippen LogP contribution in [0.4, 0.5) is 0 Å². The summed E-state index contributed by atoms with van der Waals surface area (Å²) in [5.74, 6) is 0.745. The lowest BCUT2D eigenvalue weighted by molar-refractivity contribution is 0.628. The molecule has 15 heavy (non-hydrogen) atoms. The molecule has 71 valence electrons. The first-order chi connectivity index (χ1) is 7.43. The highest BCUT2D eigenvalue weighted by Gasteiger charge is 2.05. The Morgan fingerprint density at radius 2 is 2.07 bits per heavy atom. The van der Waals surface area contributed by atoms with Crippen molar-refractivity contribution in [2.45, 2.75) is 0 Å². The van der Waals surface area contributed by atoms with Crippen molar-refractivity contribution < 1.29 is 4.42 Å². The van der Waals surface area contributed by atoms with Gasteiger partial charge in [0.15, 0.2) is 12.1 Å². The largest absolute Gasteiger partial charge is 0.454 e. The van der Waals surface area contributed by atoms with Crippen molar-refractivity contribution in [3.8, 4) is 11.5 Å². The van der Waals surface area contributed by atoms with Crippen molar-refractivity contribution in [3.63, 3.8) is 0 Å². The monoisotopic (exact) mass is 195 g/mol. The second kappa shape index (κ2) is 3.20. The summed E-state index contributed by atoms with van der Waals surface area (Å²) in [4.78, 5) is 7.76. The van der Waals surface area contributed by atoms with Gasteiger partial charge < -0.3 is 4.42 Å². The molecule has 2 heterocycles. The first kappa shape index (κ1) is 8.17. The minimum atomic E-state index is 0.745. The third kappa shape index (κ3) is 1.38. The minimum Gasteiger partial charge on any atom is -0.454 e. The number of nitrogens with zero attached hydrogens (tertiary/aromatic N) is 2. The molecule has 1 radical (unpaired) electrons. The molecule has 3 heteroatoms. The molecular weight excluding hydrogens is 188 g/mol. The Balaban J connectivity index is 2.21. The van der Waals surface area contributed by atoms with E-state index in [9.17, 15) is 0 Å². The van der Waals surface area contributed by atoms with Gasteiger partial charge in [-0.1, -0.05) is 18.2 Å². The van der Waals surface area contributed by atoms with E-state index in [1.54, 1.807) is 12.3 Å². The third-order valence-corrected chi connectivity index (χ3v) is 2.21. The fourth-order valence-corrected chi connectivity index (χ4v) is 1.51. The van der Waals surface area contributed by atoms with E-state index in [0.29, 0.717) is 0 Å². The van der Waals surface area contributed by atoms with Crippen molar-refractivity contribution in [2.24, 2.45) is 0 Å². The third-order valence-electron chi connectivity index (χ3n) is 2.21. The molecule has 0 atom stereocenters. The van der Waals surface area contributed by atoms with Crippen LogP contribution >= 0.6 is 0 Å². The predicted octanol–water partition coefficient (Wildman–Crippen LogP) is 2.69. The normalized spacial score (nSPS) is 10.7. The van der Waals surface area contributed by atoms with Gasteiger partial charge in [0, 0.05) is 11.6 Å². The van der Waals surface area contributed by atoms with E-state index >= 15 is 0 Å². The zero-order valence-corrected chi connectivity index (χ0v) is 7.84. The van der Waals surface area contributed by atoms with E-state index in [1.165, 1.54) is 0 Å². The van der Waals surface area contributed by atoms with Crippen LogP contribution in [0.3, 0.4) is 0 Å². The van der Waals surface area contributed by atoms with Crippen molar-refractivity contribution in [2.75, 3.05) is 0 Å². The summed E-state index contributed by atoms with van der Waals surface area (Å²) >= 11 is 0. The predicted molar refractivity (Wildman–Crippen MR) is 56.1 cm³/mol. The first-order valence-corrected chi connectivity index (χ1v) is 4.61. The number of hydrogen-bond donors (Lipinski definition) is 0. The highest BCUT2D eigenvalue weighted by atomic mass is 16.3. The lowest BCUT2D eigenvalue weighted by atomic mass is 10.2. The maximum atomic E-state index is 5.64. The number of hydrogen-bond acceptors (Lipinski definition) is 3. The summed E-state index contributed by atoms with van der Waals surface area (Å²) < 4.78 is 5.64. The fourth-order valence-electron chi connectivity index (χ4n) is 1.51. The van der Waals surface area contributed by atoms with Crippen molar-refractivity contribution in [3.05, 3.63) is 48.9 Å². The van der Waals surface area contributed by atoms with Crippen LogP contribution < -0.4 is 0 Å². The van der Waals surface area contributed by atoms with Gasteiger partial charge in [-0.2, -0.15) is 0 Å². The smallest absolute Gasteiger partial charge is 0.198 e. The van der Waals surface area contributed by atoms with Gasteiger partial charge >= 0.3 is 0 Å². The summed E-state index contributed by atoms with van der Waals surface area (Å²) in [5, 5.41) is 1.08. The molecule has 0 amide bonds. The first-order valence-electron chi connectivity index (χ1n) is 4.61. The maximum Gasteiger partial charge on any atom is 0.198 e. The lowest BCUT2D eigenvalue weighted by Crippen LogP contribution is -1.80. The molecule has 3 nitrogen and oxygen atoms in total. The molecule has 3 rings (SSSR count). The van der Waals surface area contributed by atoms with Gasteiger partial charge in [0.25, 0.3) is 0 Å². The number of benzene rings is 1. The van der Waals surface area contributed by atoms with Crippen LogP contribution in [0.2, 0.25) is 0 Å². The number of rotatable bonds is 1. The van der Waals surface area contributed by atoms with Crippen LogP contribution in [0.25, 0.3) is 22.4 Å². The quantitative estimate of drug-likeness (QED) is 0.599. The van der Waals surface area contributed by atoms with E-state index in [1.807, 2.05) is 30.3 Å². The fraction of sp³-hybridized carbons (Fsp3) is 0. The molecule has 0 saturated heterocycles. The molecule has 0 spiro atoms. The van der Waals surface area contributed by atoms with Gasteiger partial charge in [0.05, 0.1) is 0 Å². The van der Waals surface area contributed by atoms with E-state index in [-0.39, 0.29) is 0 Å². The Labute approximate surface area is 86.4 Å². The van der Waals surface area contributed by atoms with Crippen LogP contribution in [-0.2, 0) is 0 Å². The van der Waals surface area contributed by atoms with Gasteiger partial charge in [0.1, 0.15) is 11.3 Å². The highest BCUT2D eigenvalue weighted by Crippen LogP contribution is 2.25. The molecule has 0 saturated carbocycles. The van der Waals surface area contributed by atoms with Crippen LogP contribution in [0, 0.1) is 6.33 Å². The molecule has 0 aliphatic rings. The van der Waals surface area contributed by atoms with Gasteiger partial charge in [0.2, 0.25) is 0 Å². The van der Waals surface area contributed by atoms with Gasteiger partial charge in [-0.3, -0.25) is 0 Å². The lowest BCUT2D eigenvalue weighted by Gasteiger charge is -1.91. The zero-order chi connectivity index (χ0) is 10.1. The molecular formula is C12H7N2O. The average molecular weight is 195 g/mol. The van der Waals surface area contributed by atoms with Crippen LogP contribution in [0.15, 0.2) is 47.0 Å². The molecule has 0 aliphatic heterocycles. The van der Waals surface area contributed by atoms with Crippen LogP contribution in [-0.4, -0.2) is 9.97 Å². The molecule has 0 N–H and O–H groups in total. The minimum absolute atomic E-state index is 0.745. The Hall–Kier alpha value is -2.16. The van der Waals surface area contributed by atoms with Crippen molar-refractivity contribution in [1.82, 2.24) is 9.97 Å². The van der Waals surface area contributed by atoms with Gasteiger partial charge in [-0.25, -0.2) is 9.97 Å². The Morgan fingerprint density at radius 3 is 2.87 bits per heavy atom. The molecule has 0 bridgehead atoms. The summed E-state index contributed by atoms with van der Waals surface area (Å²) in [7, 11) is 0. The molecule has 3 aromatic rings. The van der Waals surface area contributed by atoms with Crippen LogP contribution in [0.1, 0.15) is 0 Å². The number of aromatic nitrogens is 2. The standard InChI is InChI=1S/C12H7N2O/c1-2-4-11-9(3-1)7-12(15-11)10-5-6-13-8-14-10/h1-7H. The maximum absolute atomic E-state index is 5.64. The SMILES string of the molecule is [c]1nccc(-c2cc3ccccc3o2)n1. The van der Waals surface area contributed by atoms with E-state index in [2.05, 4.69) is 16.3 Å². The second-order valence-electron chi connectivity index (χ2n) is 3.19. The summed E-state index contributed by atoms with van der Waals surface area (Å²) in [6, 6.07) is 11.6. The second-order valence-corrected chi connectivity index (χ2v) is 3.19. The number of fused-ring (bicyclic) bond motifs is 1. The highest BCUT2D eigenvalue weighted by molar-refractivity contribution is 5.81. The number of furan rings is 1. The summed E-state index contributed by atoms with van der Waals surface area (Å²) in [5.41, 5.74) is 1.62. The van der Waals surface area contributed by atoms with Gasteiger partial charge in [-0.05, 0) is 18.2 Å². The summed E-state index contributed by atoms with van der Waals surface area (Å²) in [6.45, 7) is 0. The van der Waals surface area contributed by atoms with Crippen molar-refractivity contribution in [1.29, 1.82) is 0 Å². The molecule has 1 aromatic carbocycles. The number of para-hydroxylation sites is 1. The molecule has 0 unspecified atom stereocenters. The topological polar surface area (TPSA) is 38.9 Å². The Bertz CT molecular complexity index is 554. The van der Waals surface area contributed by atoms with E-state index < -0.39 is 0 Å². The van der Waals surface area contributed by atoms with Crippen molar-refractivity contribution >= 4 is 11.0 Å². The molecule has 0 fully saturated rings. The van der Waals surface area contributed by atoms with E-state index in [0.717, 1.165) is 22.4 Å². The average Bonchev–Trinajstić information content (AvgIpc) is 2.74. The van der Waals surface area contributed by atoms with Gasteiger partial charge in [-0.15, -0.1) is 0 Å². The van der Waals surface area contributed by atoms with E-state index in [4.69, 9.17) is 4.42 Å². The molecule has 2 aromatic heterocycles. The zero-order valence-electron chi connectivity index (χ0n) is 7.84. The summed E-state index contributed by atoms with van der Waals surface area (Å²) in [6.07, 6.45) is 4.19. The van der Waals surface area contributed by atoms with Crippen LogP contribution in [0.5, 0.6) is 0 Å².